The molecule has 1 N–H and O–H groups in total. The third-order valence-corrected chi connectivity index (χ3v) is 0.771. The van der Waals surface area contributed by atoms with Gasteiger partial charge in [0.25, 0.3) is 0 Å². The maximum Gasteiger partial charge on any atom is 0.219 e. The Morgan fingerprint density at radius 1 is 1.50 bits per heavy atom. The summed E-state index contributed by atoms with van der Waals surface area (Å²) in [6.07, 6.45) is 0.582. The number of carbonyl (C=O) groups is 1. The summed E-state index contributed by atoms with van der Waals surface area (Å²) in [6, 6.07) is 0.280. The summed E-state index contributed by atoms with van der Waals surface area (Å²) in [5.74, 6) is 0.125. The lowest BCUT2D eigenvalue weighted by Crippen LogP contribution is -2.29. The van der Waals surface area contributed by atoms with Crippen LogP contribution >= 0.6 is 0 Å². The van der Waals surface area contributed by atoms with Gasteiger partial charge in [-0.2, -0.15) is 0 Å². The Bertz CT molecular complexity index is 84.2. The van der Waals surface area contributed by atoms with Crippen LogP contribution < -0.4 is 5.32 Å². The summed E-state index contributed by atoms with van der Waals surface area (Å²) in [6.45, 7) is 9.75. The van der Waals surface area contributed by atoms with Gasteiger partial charge in [0.1, 0.15) is 0 Å². The molecule has 2 heteroatoms. The predicted octanol–water partition coefficient (Wildman–Crippen LogP) is 2.19. The van der Waals surface area contributed by atoms with Gasteiger partial charge in [0.15, 0.2) is 0 Å². The Kier molecular flexibility index (Phi) is 10.3. The van der Waals surface area contributed by atoms with Crippen LogP contribution in [0.15, 0.2) is 0 Å². The first kappa shape index (κ1) is 12.2. The van der Waals surface area contributed by atoms with Crippen LogP contribution in [-0.4, -0.2) is 11.9 Å². The molecular formula is C8H21NO. The third-order valence-electron chi connectivity index (χ3n) is 0.771. The van der Waals surface area contributed by atoms with Crippen LogP contribution in [0.2, 0.25) is 0 Å². The average Bonchev–Trinajstić information content (AvgIpc) is 1.91. The Balaban J connectivity index is -0.000000196. The van der Waals surface area contributed by atoms with Crippen LogP contribution in [0.1, 0.15) is 42.5 Å². The van der Waals surface area contributed by atoms with E-state index in [1.807, 2.05) is 34.6 Å². The van der Waals surface area contributed by atoms with E-state index in [-0.39, 0.29) is 13.4 Å². The van der Waals surface area contributed by atoms with Crippen molar-refractivity contribution in [3.05, 3.63) is 0 Å². The fourth-order valence-corrected chi connectivity index (χ4v) is 0.424. The van der Waals surface area contributed by atoms with E-state index in [0.29, 0.717) is 6.42 Å². The van der Waals surface area contributed by atoms with E-state index in [4.69, 9.17) is 0 Å². The van der Waals surface area contributed by atoms with Gasteiger partial charge in [0, 0.05) is 13.9 Å². The highest BCUT2D eigenvalue weighted by molar-refractivity contribution is 5.75. The monoisotopic (exact) mass is 147 g/mol. The molecule has 0 saturated carbocycles. The predicted molar refractivity (Wildman–Crippen MR) is 47.0 cm³/mol. The third kappa shape index (κ3) is 10.5. The fraction of sp³-hybridized carbons (Fsp3) is 0.875. The molecule has 0 aromatic heterocycles. The largest absolute Gasteiger partial charge is 0.354 e. The molecule has 0 aliphatic rings. The van der Waals surface area contributed by atoms with Crippen molar-refractivity contribution < 1.29 is 6.22 Å². The van der Waals surface area contributed by atoms with Gasteiger partial charge in [-0.05, 0) is 13.8 Å². The number of nitrogens with one attached hydrogen (secondary N) is 1. The molecule has 0 aliphatic carbocycles. The molecule has 2 nitrogen and oxygen atoms in total. The lowest BCUT2D eigenvalue weighted by Gasteiger charge is -2.04. The smallest absolute Gasteiger partial charge is 0.219 e. The highest BCUT2D eigenvalue weighted by Gasteiger charge is 1.96. The van der Waals surface area contributed by atoms with Gasteiger partial charge < -0.3 is 5.32 Å². The molecule has 0 unspecified atom stereocenters. The second kappa shape index (κ2) is 8.47. The van der Waals surface area contributed by atoms with Gasteiger partial charge in [0.2, 0.25) is 5.91 Å². The van der Waals surface area contributed by atoms with E-state index in [9.17, 15) is 4.79 Å². The van der Waals surface area contributed by atoms with Crippen LogP contribution in [0.4, 0.5) is 0 Å². The Morgan fingerprint density at radius 2 is 1.90 bits per heavy atom. The lowest BCUT2D eigenvalue weighted by atomic mass is 10.3. The molecule has 0 aliphatic heterocycles. The highest BCUT2D eigenvalue weighted by Crippen LogP contribution is 1.79. The summed E-state index contributed by atoms with van der Waals surface area (Å²) >= 11 is 0. The van der Waals surface area contributed by atoms with E-state index in [1.165, 1.54) is 0 Å². The first-order chi connectivity index (χ1) is 4.66. The molecule has 0 heterocycles. The Labute approximate surface area is 65.5 Å². The van der Waals surface area contributed by atoms with Gasteiger partial charge >= 0.3 is 0 Å². The maximum atomic E-state index is 10.5. The van der Waals surface area contributed by atoms with Crippen LogP contribution in [0.3, 0.4) is 0 Å². The maximum absolute atomic E-state index is 10.5. The fourth-order valence-electron chi connectivity index (χ4n) is 0.424. The molecular weight excluding hydrogens is 126 g/mol. The van der Waals surface area contributed by atoms with Crippen LogP contribution in [0.25, 0.3) is 0 Å². The van der Waals surface area contributed by atoms with Gasteiger partial charge in [-0.3, -0.25) is 4.79 Å². The number of hydrogen-bond acceptors (Lipinski definition) is 1. The normalized spacial score (nSPS) is 8.20. The van der Waals surface area contributed by atoms with Crippen molar-refractivity contribution in [3.63, 3.8) is 0 Å². The van der Waals surface area contributed by atoms with Gasteiger partial charge in [-0.15, -0.1) is 0 Å². The minimum absolute atomic E-state index is 0. The molecule has 0 saturated heterocycles. The van der Waals surface area contributed by atoms with E-state index in [0.717, 1.165) is 0 Å². The molecule has 0 bridgehead atoms. The van der Waals surface area contributed by atoms with Gasteiger partial charge in [-0.25, -0.2) is 0 Å². The van der Waals surface area contributed by atoms with Crippen molar-refractivity contribution in [1.82, 2.24) is 5.32 Å². The summed E-state index contributed by atoms with van der Waals surface area (Å²) in [5.41, 5.74) is 0. The quantitative estimate of drug-likeness (QED) is 0.637. The second-order valence-corrected chi connectivity index (χ2v) is 2.08. The van der Waals surface area contributed by atoms with E-state index >= 15 is 0 Å². The molecule has 0 rings (SSSR count). The zero-order valence-corrected chi connectivity index (χ0v) is 7.69. The summed E-state index contributed by atoms with van der Waals surface area (Å²) < 4.78 is 0. The molecule has 64 valence electrons. The zero-order chi connectivity index (χ0) is 8.57. The van der Waals surface area contributed by atoms with E-state index in [2.05, 4.69) is 5.32 Å². The average molecular weight is 147 g/mol. The number of hydrogen-bond donors (Lipinski definition) is 1. The summed E-state index contributed by atoms with van der Waals surface area (Å²) in [7, 11) is 0. The SMILES string of the molecule is CC.CCC(=O)NC(C)C.[HH]. The molecule has 0 aromatic carbocycles. The molecule has 0 spiro atoms. The Hall–Kier alpha value is -0.530. The van der Waals surface area contributed by atoms with Crippen molar-refractivity contribution >= 4 is 5.91 Å². The van der Waals surface area contributed by atoms with Crippen LogP contribution in [-0.2, 0) is 4.79 Å². The standard InChI is InChI=1S/C6H13NO.C2H6.H2/c1-4-6(8)7-5(2)3;1-2;/h5H,4H2,1-3H3,(H,7,8);1-2H3;1H. The minimum atomic E-state index is 0. The van der Waals surface area contributed by atoms with Crippen LogP contribution in [0.5, 0.6) is 0 Å². The highest BCUT2D eigenvalue weighted by atomic mass is 16.1. The van der Waals surface area contributed by atoms with Crippen molar-refractivity contribution in [2.45, 2.75) is 47.1 Å². The van der Waals surface area contributed by atoms with E-state index in [1.54, 1.807) is 0 Å². The van der Waals surface area contributed by atoms with E-state index < -0.39 is 0 Å². The molecule has 10 heavy (non-hydrogen) atoms. The van der Waals surface area contributed by atoms with Crippen molar-refractivity contribution in [1.29, 1.82) is 0 Å². The zero-order valence-electron chi connectivity index (χ0n) is 7.69. The van der Waals surface area contributed by atoms with Crippen molar-refractivity contribution in [2.75, 3.05) is 0 Å². The van der Waals surface area contributed by atoms with Crippen LogP contribution in [0, 0.1) is 0 Å². The van der Waals surface area contributed by atoms with Crippen molar-refractivity contribution in [2.24, 2.45) is 0 Å². The Morgan fingerprint density at radius 3 is 2.00 bits per heavy atom. The molecule has 0 fully saturated rings. The summed E-state index contributed by atoms with van der Waals surface area (Å²) in [4.78, 5) is 10.5. The number of rotatable bonds is 2. The topological polar surface area (TPSA) is 29.1 Å². The van der Waals surface area contributed by atoms with Gasteiger partial charge in [0.05, 0.1) is 0 Å². The van der Waals surface area contributed by atoms with Crippen molar-refractivity contribution in [3.8, 4) is 0 Å². The lowest BCUT2D eigenvalue weighted by molar-refractivity contribution is -0.121. The molecule has 0 radical (unpaired) electrons. The minimum Gasteiger partial charge on any atom is -0.354 e. The van der Waals surface area contributed by atoms with Gasteiger partial charge in [-0.1, -0.05) is 20.8 Å². The molecule has 0 aromatic rings. The first-order valence-electron chi connectivity index (χ1n) is 3.96. The first-order valence-corrected chi connectivity index (χ1v) is 3.96. The number of carbonyl (C=O) groups excluding carboxylic acids is 1. The molecule has 0 atom stereocenters. The second-order valence-electron chi connectivity index (χ2n) is 2.08. The summed E-state index contributed by atoms with van der Waals surface area (Å²) in [5, 5.41) is 2.75. The molecule has 1 amide bonds. The number of amides is 1.